The fraction of sp³-hybridized carbons (Fsp3) is 0.0312. The maximum Gasteiger partial charge on any atom is 0.343 e. The topological polar surface area (TPSA) is 77.0 Å². The van der Waals surface area contributed by atoms with Crippen molar-refractivity contribution < 1.29 is 19.1 Å². The maximum atomic E-state index is 12.7. The van der Waals surface area contributed by atoms with Crippen molar-refractivity contribution in [3.63, 3.8) is 0 Å². The van der Waals surface area contributed by atoms with Gasteiger partial charge in [-0.3, -0.25) is 4.79 Å². The number of carbonyl (C=O) groups excluding carboxylic acids is 2. The molecule has 0 fully saturated rings. The Kier molecular flexibility index (Phi) is 7.51. The molecule has 0 spiro atoms. The standard InChI is InChI=1S/C32H24N2O4/c35-31(25-15-18-27(19-16-25)37-22-23-9-3-1-4-10-23)34-33-21-29-28-14-8-7-11-24(28)17-20-30(29)38-32(36)26-12-5-2-6-13-26/h1-21H,22H2,(H,34,35)/b33-21+. The van der Waals surface area contributed by atoms with Gasteiger partial charge in [-0.2, -0.15) is 5.10 Å². The number of ether oxygens (including phenoxy) is 2. The van der Waals surface area contributed by atoms with Gasteiger partial charge in [0.25, 0.3) is 5.91 Å². The third kappa shape index (κ3) is 5.94. The molecule has 0 aromatic heterocycles. The van der Waals surface area contributed by atoms with Crippen molar-refractivity contribution in [2.45, 2.75) is 6.61 Å². The Hall–Kier alpha value is -5.23. The van der Waals surface area contributed by atoms with E-state index in [1.165, 1.54) is 6.21 Å². The van der Waals surface area contributed by atoms with E-state index in [-0.39, 0.29) is 5.91 Å². The van der Waals surface area contributed by atoms with E-state index in [2.05, 4.69) is 10.5 Å². The van der Waals surface area contributed by atoms with Gasteiger partial charge in [-0.05, 0) is 58.8 Å². The molecule has 0 heterocycles. The molecule has 38 heavy (non-hydrogen) atoms. The summed E-state index contributed by atoms with van der Waals surface area (Å²) in [5.41, 5.74) is 5.06. The monoisotopic (exact) mass is 500 g/mol. The molecular weight excluding hydrogens is 476 g/mol. The number of fused-ring (bicyclic) bond motifs is 1. The Bertz CT molecular complexity index is 1580. The number of esters is 1. The van der Waals surface area contributed by atoms with Gasteiger partial charge < -0.3 is 9.47 Å². The first kappa shape index (κ1) is 24.5. The van der Waals surface area contributed by atoms with Gasteiger partial charge in [0.1, 0.15) is 18.1 Å². The van der Waals surface area contributed by atoms with E-state index in [0.29, 0.717) is 34.8 Å². The fourth-order valence-corrected chi connectivity index (χ4v) is 3.89. The predicted molar refractivity (Wildman–Crippen MR) is 148 cm³/mol. The zero-order valence-electron chi connectivity index (χ0n) is 20.4. The molecule has 5 aromatic carbocycles. The van der Waals surface area contributed by atoms with Crippen molar-refractivity contribution in [2.75, 3.05) is 0 Å². The van der Waals surface area contributed by atoms with E-state index in [4.69, 9.17) is 9.47 Å². The van der Waals surface area contributed by atoms with E-state index >= 15 is 0 Å². The van der Waals surface area contributed by atoms with Gasteiger partial charge in [0.05, 0.1) is 11.8 Å². The summed E-state index contributed by atoms with van der Waals surface area (Å²) in [4.78, 5) is 25.4. The minimum atomic E-state index is -0.478. The highest BCUT2D eigenvalue weighted by molar-refractivity contribution is 6.04. The molecule has 0 unspecified atom stereocenters. The Balaban J connectivity index is 1.29. The van der Waals surface area contributed by atoms with Crippen LogP contribution >= 0.6 is 0 Å². The van der Waals surface area contributed by atoms with Crippen molar-refractivity contribution in [1.82, 2.24) is 5.43 Å². The third-order valence-corrected chi connectivity index (χ3v) is 5.87. The molecule has 0 aliphatic rings. The minimum absolute atomic E-state index is 0.343. The number of hydrogen-bond donors (Lipinski definition) is 1. The van der Waals surface area contributed by atoms with Crippen LogP contribution in [0.15, 0.2) is 126 Å². The molecule has 0 radical (unpaired) electrons. The van der Waals surface area contributed by atoms with Crippen molar-refractivity contribution in [3.05, 3.63) is 144 Å². The van der Waals surface area contributed by atoms with Crippen LogP contribution in [0.2, 0.25) is 0 Å². The fourth-order valence-electron chi connectivity index (χ4n) is 3.89. The zero-order chi connectivity index (χ0) is 26.2. The second-order valence-corrected chi connectivity index (χ2v) is 8.45. The second-order valence-electron chi connectivity index (χ2n) is 8.45. The number of amides is 1. The molecule has 1 amide bonds. The quantitative estimate of drug-likeness (QED) is 0.116. The van der Waals surface area contributed by atoms with Crippen molar-refractivity contribution in [1.29, 1.82) is 0 Å². The summed E-state index contributed by atoms with van der Waals surface area (Å²) in [6, 6.07) is 36.7. The highest BCUT2D eigenvalue weighted by Crippen LogP contribution is 2.27. The van der Waals surface area contributed by atoms with Crippen LogP contribution in [-0.2, 0) is 6.61 Å². The molecule has 0 saturated carbocycles. The van der Waals surface area contributed by atoms with E-state index in [9.17, 15) is 9.59 Å². The van der Waals surface area contributed by atoms with Gasteiger partial charge in [-0.15, -0.1) is 0 Å². The molecule has 6 nitrogen and oxygen atoms in total. The summed E-state index contributed by atoms with van der Waals surface area (Å²) in [6.07, 6.45) is 1.49. The lowest BCUT2D eigenvalue weighted by Gasteiger charge is -2.10. The van der Waals surface area contributed by atoms with E-state index in [0.717, 1.165) is 16.3 Å². The lowest BCUT2D eigenvalue weighted by atomic mass is 10.0. The van der Waals surface area contributed by atoms with Crippen LogP contribution in [0.4, 0.5) is 0 Å². The largest absolute Gasteiger partial charge is 0.489 e. The van der Waals surface area contributed by atoms with Gasteiger partial charge in [0.15, 0.2) is 0 Å². The van der Waals surface area contributed by atoms with Crippen LogP contribution in [0, 0.1) is 0 Å². The normalized spacial score (nSPS) is 10.8. The maximum absolute atomic E-state index is 12.7. The first-order valence-electron chi connectivity index (χ1n) is 12.1. The lowest BCUT2D eigenvalue weighted by Crippen LogP contribution is -2.17. The molecule has 0 atom stereocenters. The van der Waals surface area contributed by atoms with Crippen LogP contribution in [-0.4, -0.2) is 18.1 Å². The number of nitrogens with one attached hydrogen (secondary N) is 1. The smallest absolute Gasteiger partial charge is 0.343 e. The highest BCUT2D eigenvalue weighted by atomic mass is 16.5. The van der Waals surface area contributed by atoms with Crippen molar-refractivity contribution in [3.8, 4) is 11.5 Å². The van der Waals surface area contributed by atoms with Gasteiger partial charge in [0, 0.05) is 11.1 Å². The first-order valence-corrected chi connectivity index (χ1v) is 12.1. The van der Waals surface area contributed by atoms with E-state index < -0.39 is 5.97 Å². The second kappa shape index (κ2) is 11.7. The average molecular weight is 501 g/mol. The van der Waals surface area contributed by atoms with Crippen LogP contribution in [0.5, 0.6) is 11.5 Å². The van der Waals surface area contributed by atoms with E-state index in [1.54, 1.807) is 54.6 Å². The Morgan fingerprint density at radius 3 is 2.16 bits per heavy atom. The molecule has 5 rings (SSSR count). The Morgan fingerprint density at radius 2 is 1.39 bits per heavy atom. The molecule has 0 aliphatic heterocycles. The lowest BCUT2D eigenvalue weighted by molar-refractivity contribution is 0.0734. The first-order chi connectivity index (χ1) is 18.7. The molecule has 0 aliphatic carbocycles. The summed E-state index contributed by atoms with van der Waals surface area (Å²) in [5.74, 6) is 0.151. The molecule has 0 saturated heterocycles. The van der Waals surface area contributed by atoms with Gasteiger partial charge in [0.2, 0.25) is 0 Å². The predicted octanol–water partition coefficient (Wildman–Crippen LogP) is 6.40. The molecular formula is C32H24N2O4. The molecule has 0 bridgehead atoms. The van der Waals surface area contributed by atoms with Gasteiger partial charge in [-0.25, -0.2) is 10.2 Å². The molecule has 6 heteroatoms. The number of nitrogens with zero attached hydrogens (tertiary/aromatic N) is 1. The number of carbonyl (C=O) groups is 2. The molecule has 186 valence electrons. The zero-order valence-corrected chi connectivity index (χ0v) is 20.4. The molecule has 5 aromatic rings. The van der Waals surface area contributed by atoms with Gasteiger partial charge >= 0.3 is 5.97 Å². The molecule has 1 N–H and O–H groups in total. The summed E-state index contributed by atoms with van der Waals surface area (Å²) in [5, 5.41) is 5.95. The van der Waals surface area contributed by atoms with E-state index in [1.807, 2.05) is 66.7 Å². The number of hydrogen-bond acceptors (Lipinski definition) is 5. The van der Waals surface area contributed by atoms with Crippen LogP contribution in [0.1, 0.15) is 31.8 Å². The summed E-state index contributed by atoms with van der Waals surface area (Å²) in [6.45, 7) is 0.443. The Morgan fingerprint density at radius 1 is 0.711 bits per heavy atom. The average Bonchev–Trinajstić information content (AvgIpc) is 2.98. The third-order valence-electron chi connectivity index (χ3n) is 5.87. The number of hydrazone groups is 1. The summed E-state index contributed by atoms with van der Waals surface area (Å²) >= 11 is 0. The van der Waals surface area contributed by atoms with Crippen LogP contribution in [0.3, 0.4) is 0 Å². The van der Waals surface area contributed by atoms with Crippen LogP contribution < -0.4 is 14.9 Å². The SMILES string of the molecule is O=C(N/N=C/c1c(OC(=O)c2ccccc2)ccc2ccccc12)c1ccc(OCc2ccccc2)cc1. The number of rotatable bonds is 8. The Labute approximate surface area is 220 Å². The van der Waals surface area contributed by atoms with Gasteiger partial charge in [-0.1, -0.05) is 78.9 Å². The van der Waals surface area contributed by atoms with Crippen LogP contribution in [0.25, 0.3) is 10.8 Å². The summed E-state index contributed by atoms with van der Waals surface area (Å²) in [7, 11) is 0. The van der Waals surface area contributed by atoms with Crippen molar-refractivity contribution >= 4 is 28.9 Å². The minimum Gasteiger partial charge on any atom is -0.489 e. The number of benzene rings is 5. The van der Waals surface area contributed by atoms with Crippen molar-refractivity contribution in [2.24, 2.45) is 5.10 Å². The summed E-state index contributed by atoms with van der Waals surface area (Å²) < 4.78 is 11.5. The highest BCUT2D eigenvalue weighted by Gasteiger charge is 2.13.